The van der Waals surface area contributed by atoms with Gasteiger partial charge in [0.25, 0.3) is 0 Å². The third-order valence-corrected chi connectivity index (χ3v) is 3.82. The molecule has 0 saturated carbocycles. The largest absolute Gasteiger partial charge is 0.409 e. The number of hydrogen-bond donors (Lipinski definition) is 4. The van der Waals surface area contributed by atoms with E-state index in [2.05, 4.69) is 15.3 Å². The molecule has 2 saturated heterocycles. The van der Waals surface area contributed by atoms with Crippen LogP contribution in [0.25, 0.3) is 0 Å². The summed E-state index contributed by atoms with van der Waals surface area (Å²) < 4.78 is 0. The third kappa shape index (κ3) is 2.66. The first-order valence-corrected chi connectivity index (χ1v) is 7.01. The van der Waals surface area contributed by atoms with Crippen molar-refractivity contribution < 1.29 is 20.0 Å². The van der Waals surface area contributed by atoms with Crippen molar-refractivity contribution >= 4 is 23.5 Å². The Morgan fingerprint density at radius 3 is 1.71 bits per heavy atom. The van der Waals surface area contributed by atoms with E-state index in [1.807, 2.05) is 0 Å². The van der Waals surface area contributed by atoms with Gasteiger partial charge in [0.1, 0.15) is 23.5 Å². The van der Waals surface area contributed by atoms with Crippen LogP contribution in [0.1, 0.15) is 11.4 Å². The molecule has 2 amide bonds. The molecule has 0 radical (unpaired) electrons. The van der Waals surface area contributed by atoms with Crippen LogP contribution in [0.3, 0.4) is 0 Å². The van der Waals surface area contributed by atoms with Crippen LogP contribution in [0.4, 0.5) is 0 Å². The quantitative estimate of drug-likeness (QED) is 0.158. The minimum Gasteiger partial charge on any atom is -0.409 e. The number of carbonyl (C=O) groups is 2. The van der Waals surface area contributed by atoms with Crippen molar-refractivity contribution in [2.24, 2.45) is 21.8 Å². The van der Waals surface area contributed by atoms with E-state index in [0.717, 1.165) is 0 Å². The molecule has 0 aromatic carbocycles. The molecule has 126 valence electrons. The van der Waals surface area contributed by atoms with Gasteiger partial charge in [0.05, 0.1) is 0 Å². The molecular formula is C13H15N7O4. The summed E-state index contributed by atoms with van der Waals surface area (Å²) in [5.74, 6) is -0.901. The minimum absolute atomic E-state index is 0.0789. The molecule has 1 aromatic heterocycles. The van der Waals surface area contributed by atoms with E-state index in [4.69, 9.17) is 11.5 Å². The number of nitrogens with zero attached hydrogens (tertiary/aromatic N) is 5. The zero-order chi connectivity index (χ0) is 17.4. The molecular weight excluding hydrogens is 318 g/mol. The van der Waals surface area contributed by atoms with Crippen molar-refractivity contribution in [1.82, 2.24) is 14.8 Å². The first kappa shape index (κ1) is 15.5. The van der Waals surface area contributed by atoms with E-state index in [1.165, 1.54) is 9.80 Å². The van der Waals surface area contributed by atoms with E-state index >= 15 is 0 Å². The van der Waals surface area contributed by atoms with E-state index in [1.54, 1.807) is 18.2 Å². The fourth-order valence-electron chi connectivity index (χ4n) is 2.43. The fraction of sp³-hybridized carbons (Fsp3) is 0.308. The molecule has 0 aliphatic carbocycles. The fourth-order valence-corrected chi connectivity index (χ4v) is 2.43. The first-order valence-electron chi connectivity index (χ1n) is 7.01. The van der Waals surface area contributed by atoms with Crippen molar-refractivity contribution in [3.63, 3.8) is 0 Å². The van der Waals surface area contributed by atoms with Crippen LogP contribution >= 0.6 is 0 Å². The number of rotatable bonds is 4. The Morgan fingerprint density at radius 1 is 1.00 bits per heavy atom. The van der Waals surface area contributed by atoms with Gasteiger partial charge in [0.2, 0.25) is 11.8 Å². The van der Waals surface area contributed by atoms with Gasteiger partial charge in [-0.25, -0.2) is 4.98 Å². The van der Waals surface area contributed by atoms with E-state index in [0.29, 0.717) is 13.1 Å². The lowest BCUT2D eigenvalue weighted by atomic mass is 10.2. The van der Waals surface area contributed by atoms with Crippen molar-refractivity contribution in [2.75, 3.05) is 13.1 Å². The van der Waals surface area contributed by atoms with E-state index in [-0.39, 0.29) is 23.1 Å². The highest BCUT2D eigenvalue weighted by Crippen LogP contribution is 2.23. The predicted molar refractivity (Wildman–Crippen MR) is 80.3 cm³/mol. The molecule has 1 aromatic rings. The average molecular weight is 333 g/mol. The second kappa shape index (κ2) is 5.68. The summed E-state index contributed by atoms with van der Waals surface area (Å²) in [5.41, 5.74) is 10.9. The summed E-state index contributed by atoms with van der Waals surface area (Å²) in [6.07, 6.45) is 0. The molecule has 2 fully saturated rings. The van der Waals surface area contributed by atoms with Crippen molar-refractivity contribution in [1.29, 1.82) is 0 Å². The van der Waals surface area contributed by atoms with Crippen LogP contribution in [-0.2, 0) is 9.59 Å². The topological polar surface area (TPSA) is 170 Å². The molecule has 2 unspecified atom stereocenters. The molecule has 24 heavy (non-hydrogen) atoms. The summed E-state index contributed by atoms with van der Waals surface area (Å²) in [4.78, 5) is 29.5. The molecule has 2 aliphatic rings. The molecule has 0 bridgehead atoms. The van der Waals surface area contributed by atoms with Gasteiger partial charge in [-0.2, -0.15) is 0 Å². The summed E-state index contributed by atoms with van der Waals surface area (Å²) in [6, 6.07) is 3.66. The Bertz CT molecular complexity index is 703. The highest BCUT2D eigenvalue weighted by atomic mass is 16.4. The Hall–Kier alpha value is -3.37. The maximum atomic E-state index is 11.2. The van der Waals surface area contributed by atoms with Gasteiger partial charge in [0.15, 0.2) is 11.7 Å². The number of amidine groups is 2. The normalized spacial score (nSPS) is 23.2. The van der Waals surface area contributed by atoms with Gasteiger partial charge in [-0.15, -0.1) is 0 Å². The lowest BCUT2D eigenvalue weighted by Gasteiger charge is -2.10. The van der Waals surface area contributed by atoms with E-state index < -0.39 is 23.9 Å². The molecule has 2 aliphatic heterocycles. The van der Waals surface area contributed by atoms with Crippen molar-refractivity contribution in [3.8, 4) is 0 Å². The Kier molecular flexibility index (Phi) is 3.67. The molecule has 11 heteroatoms. The summed E-state index contributed by atoms with van der Waals surface area (Å²) in [6.45, 7) is 0.662. The van der Waals surface area contributed by atoms with Crippen molar-refractivity contribution in [2.45, 2.75) is 12.1 Å². The number of aromatic nitrogens is 1. The Labute approximate surface area is 135 Å². The molecule has 3 heterocycles. The first-order chi connectivity index (χ1) is 11.5. The predicted octanol–water partition coefficient (Wildman–Crippen LogP) is -2.31. The standard InChI is InChI=1S/C13H15N7O4/c14-10(21)8-4-19(8)12(17-23)6-2-1-3-7(16-6)13(18-24)20-5-9(20)11(15)22/h1-3,8-9,23-24H,4-5H2,(H2,14,21)(H2,15,22)/b17-12-,18-13-. The number of carbonyl (C=O) groups excluding carboxylic acids is 2. The summed E-state index contributed by atoms with van der Waals surface area (Å²) in [7, 11) is 0. The molecule has 6 N–H and O–H groups in total. The average Bonchev–Trinajstić information content (AvgIpc) is 3.43. The second-order valence-electron chi connectivity index (χ2n) is 5.40. The molecule has 11 nitrogen and oxygen atoms in total. The zero-order valence-corrected chi connectivity index (χ0v) is 12.4. The van der Waals surface area contributed by atoms with Crippen LogP contribution in [-0.4, -0.2) is 73.9 Å². The van der Waals surface area contributed by atoms with Gasteiger partial charge in [-0.3, -0.25) is 9.59 Å². The highest BCUT2D eigenvalue weighted by molar-refractivity contribution is 6.05. The smallest absolute Gasteiger partial charge is 0.242 e. The third-order valence-electron chi connectivity index (χ3n) is 3.82. The number of oxime groups is 2. The molecule has 2 atom stereocenters. The highest BCUT2D eigenvalue weighted by Gasteiger charge is 2.44. The molecule has 0 spiro atoms. The maximum absolute atomic E-state index is 11.2. The van der Waals surface area contributed by atoms with Gasteiger partial charge >= 0.3 is 0 Å². The number of nitrogens with two attached hydrogens (primary N) is 2. The summed E-state index contributed by atoms with van der Waals surface area (Å²) in [5, 5.41) is 24.8. The van der Waals surface area contributed by atoms with Crippen LogP contribution < -0.4 is 11.5 Å². The van der Waals surface area contributed by atoms with E-state index in [9.17, 15) is 20.0 Å². The maximum Gasteiger partial charge on any atom is 0.242 e. The van der Waals surface area contributed by atoms with Gasteiger partial charge in [0, 0.05) is 13.1 Å². The minimum atomic E-state index is -0.543. The van der Waals surface area contributed by atoms with Crippen molar-refractivity contribution in [3.05, 3.63) is 29.6 Å². The Balaban J connectivity index is 1.84. The van der Waals surface area contributed by atoms with Gasteiger partial charge in [-0.05, 0) is 12.1 Å². The SMILES string of the molecule is NC(=O)C1CN1/C(=N\O)c1cccc(/C(=N/O)N2CC2C(N)=O)n1. The van der Waals surface area contributed by atoms with Crippen LogP contribution in [0.5, 0.6) is 0 Å². The number of primary amides is 2. The summed E-state index contributed by atoms with van der Waals surface area (Å²) >= 11 is 0. The van der Waals surface area contributed by atoms with Crippen LogP contribution in [0.2, 0.25) is 0 Å². The number of pyridine rings is 1. The zero-order valence-electron chi connectivity index (χ0n) is 12.4. The molecule has 3 rings (SSSR count). The van der Waals surface area contributed by atoms with Crippen LogP contribution in [0, 0.1) is 0 Å². The lowest BCUT2D eigenvalue weighted by Crippen LogP contribution is -2.27. The monoisotopic (exact) mass is 333 g/mol. The number of hydrogen-bond acceptors (Lipinski definition) is 7. The van der Waals surface area contributed by atoms with Gasteiger partial charge < -0.3 is 31.7 Å². The van der Waals surface area contributed by atoms with Gasteiger partial charge in [-0.1, -0.05) is 16.4 Å². The Morgan fingerprint density at radius 2 is 1.42 bits per heavy atom. The number of amides is 2. The van der Waals surface area contributed by atoms with Crippen LogP contribution in [0.15, 0.2) is 28.5 Å². The lowest BCUT2D eigenvalue weighted by molar-refractivity contribution is -0.118. The second-order valence-corrected chi connectivity index (χ2v) is 5.40.